The zero-order valence-corrected chi connectivity index (χ0v) is 13.1. The monoisotopic (exact) mass is 287 g/mol. The Morgan fingerprint density at radius 1 is 1.19 bits per heavy atom. The smallest absolute Gasteiger partial charge is 0.120 e. The number of nitrogens with zero attached hydrogens (tertiary/aromatic N) is 1. The third-order valence-corrected chi connectivity index (χ3v) is 3.33. The van der Waals surface area contributed by atoms with Crippen molar-refractivity contribution in [1.29, 1.82) is 0 Å². The number of imidazole rings is 1. The highest BCUT2D eigenvalue weighted by Gasteiger charge is 2.04. The Hall–Kier alpha value is -1.81. The Morgan fingerprint density at radius 3 is 2.57 bits per heavy atom. The van der Waals surface area contributed by atoms with Crippen LogP contribution in [0.2, 0.25) is 0 Å². The van der Waals surface area contributed by atoms with Gasteiger partial charge in [0, 0.05) is 18.4 Å². The quantitative estimate of drug-likeness (QED) is 0.783. The van der Waals surface area contributed by atoms with Gasteiger partial charge in [0.2, 0.25) is 0 Å². The van der Waals surface area contributed by atoms with Crippen LogP contribution in [0, 0.1) is 0 Å². The number of H-pyrrole nitrogens is 1. The van der Waals surface area contributed by atoms with Crippen molar-refractivity contribution in [3.8, 4) is 5.75 Å². The molecule has 1 aromatic heterocycles. The van der Waals surface area contributed by atoms with Crippen LogP contribution in [0.1, 0.15) is 38.6 Å². The first-order valence-electron chi connectivity index (χ1n) is 7.60. The van der Waals surface area contributed by atoms with Crippen molar-refractivity contribution in [2.45, 2.75) is 52.3 Å². The number of aromatic nitrogens is 2. The fraction of sp³-hybridized carbons (Fsp3) is 0.471. The van der Waals surface area contributed by atoms with Crippen LogP contribution in [0.15, 0.2) is 36.7 Å². The molecular formula is C17H25N3O. The van der Waals surface area contributed by atoms with Crippen LogP contribution >= 0.6 is 0 Å². The molecule has 0 saturated heterocycles. The molecule has 114 valence electrons. The summed E-state index contributed by atoms with van der Waals surface area (Å²) in [5.41, 5.74) is 1.35. The highest BCUT2D eigenvalue weighted by atomic mass is 16.5. The molecule has 0 radical (unpaired) electrons. The van der Waals surface area contributed by atoms with Gasteiger partial charge in [-0.2, -0.15) is 0 Å². The van der Waals surface area contributed by atoms with Crippen LogP contribution in [0.4, 0.5) is 0 Å². The van der Waals surface area contributed by atoms with E-state index in [0.29, 0.717) is 6.04 Å². The van der Waals surface area contributed by atoms with Crippen molar-refractivity contribution in [2.24, 2.45) is 0 Å². The maximum Gasteiger partial charge on any atom is 0.120 e. The minimum atomic E-state index is 0.224. The second-order valence-electron chi connectivity index (χ2n) is 5.67. The van der Waals surface area contributed by atoms with E-state index < -0.39 is 0 Å². The molecule has 2 N–H and O–H groups in total. The minimum Gasteiger partial charge on any atom is -0.491 e. The van der Waals surface area contributed by atoms with Crippen LogP contribution in [0.3, 0.4) is 0 Å². The number of nitrogens with one attached hydrogen (secondary N) is 2. The van der Waals surface area contributed by atoms with E-state index in [-0.39, 0.29) is 6.10 Å². The highest BCUT2D eigenvalue weighted by Crippen LogP contribution is 2.15. The van der Waals surface area contributed by atoms with Gasteiger partial charge in [-0.3, -0.25) is 0 Å². The number of ether oxygens (including phenoxy) is 1. The number of hydrogen-bond acceptors (Lipinski definition) is 3. The van der Waals surface area contributed by atoms with Crippen LogP contribution in [0.25, 0.3) is 0 Å². The van der Waals surface area contributed by atoms with E-state index in [9.17, 15) is 0 Å². The highest BCUT2D eigenvalue weighted by molar-refractivity contribution is 5.27. The molecular weight excluding hydrogens is 262 g/mol. The van der Waals surface area contributed by atoms with E-state index in [4.69, 9.17) is 4.74 Å². The minimum absolute atomic E-state index is 0.224. The van der Waals surface area contributed by atoms with Gasteiger partial charge in [-0.1, -0.05) is 12.1 Å². The lowest BCUT2D eigenvalue weighted by Gasteiger charge is -2.13. The Labute approximate surface area is 127 Å². The molecule has 0 spiro atoms. The standard InChI is InChI=1S/C17H25N3O/c1-13(2)21-16-8-6-15(7-9-16)5-4-14(3)20-12-17-18-10-11-19-17/h6-11,13-14,20H,4-5,12H2,1-3H3,(H,18,19). The van der Waals surface area contributed by atoms with Gasteiger partial charge in [0.25, 0.3) is 0 Å². The van der Waals surface area contributed by atoms with Crippen molar-refractivity contribution < 1.29 is 4.74 Å². The second kappa shape index (κ2) is 7.84. The van der Waals surface area contributed by atoms with Crippen LogP contribution in [0.5, 0.6) is 5.75 Å². The van der Waals surface area contributed by atoms with E-state index in [1.165, 1.54) is 5.56 Å². The first-order valence-corrected chi connectivity index (χ1v) is 7.60. The molecule has 21 heavy (non-hydrogen) atoms. The molecule has 0 amide bonds. The fourth-order valence-corrected chi connectivity index (χ4v) is 2.16. The number of aromatic amines is 1. The van der Waals surface area contributed by atoms with Gasteiger partial charge in [-0.25, -0.2) is 4.98 Å². The predicted molar refractivity (Wildman–Crippen MR) is 85.4 cm³/mol. The summed E-state index contributed by atoms with van der Waals surface area (Å²) in [6, 6.07) is 8.86. The number of hydrogen-bond donors (Lipinski definition) is 2. The van der Waals surface area contributed by atoms with E-state index in [0.717, 1.165) is 31.0 Å². The summed E-state index contributed by atoms with van der Waals surface area (Å²) >= 11 is 0. The van der Waals surface area contributed by atoms with Crippen LogP contribution in [-0.2, 0) is 13.0 Å². The van der Waals surface area contributed by atoms with Gasteiger partial charge in [0.15, 0.2) is 0 Å². The zero-order valence-electron chi connectivity index (χ0n) is 13.1. The summed E-state index contributed by atoms with van der Waals surface area (Å²) < 4.78 is 5.65. The van der Waals surface area contributed by atoms with E-state index >= 15 is 0 Å². The first kappa shape index (κ1) is 15.6. The van der Waals surface area contributed by atoms with E-state index in [1.54, 1.807) is 6.20 Å². The van der Waals surface area contributed by atoms with E-state index in [2.05, 4.69) is 46.5 Å². The number of benzene rings is 1. The lowest BCUT2D eigenvalue weighted by Crippen LogP contribution is -2.26. The molecule has 0 aliphatic rings. The normalized spacial score (nSPS) is 12.6. The molecule has 2 rings (SSSR count). The summed E-state index contributed by atoms with van der Waals surface area (Å²) in [6.45, 7) is 7.08. The van der Waals surface area contributed by atoms with Gasteiger partial charge in [-0.05, 0) is 51.3 Å². The van der Waals surface area contributed by atoms with Crippen molar-refractivity contribution in [1.82, 2.24) is 15.3 Å². The fourth-order valence-electron chi connectivity index (χ4n) is 2.16. The largest absolute Gasteiger partial charge is 0.491 e. The molecule has 0 aliphatic carbocycles. The number of rotatable bonds is 8. The van der Waals surface area contributed by atoms with Crippen molar-refractivity contribution in [3.05, 3.63) is 48.0 Å². The van der Waals surface area contributed by atoms with Gasteiger partial charge in [0.05, 0.1) is 12.6 Å². The molecule has 4 heteroatoms. The Kier molecular flexibility index (Phi) is 5.81. The molecule has 0 bridgehead atoms. The molecule has 1 unspecified atom stereocenters. The lowest BCUT2D eigenvalue weighted by molar-refractivity contribution is 0.242. The van der Waals surface area contributed by atoms with Crippen LogP contribution in [-0.4, -0.2) is 22.1 Å². The maximum atomic E-state index is 5.65. The first-order chi connectivity index (χ1) is 10.1. The van der Waals surface area contributed by atoms with Crippen molar-refractivity contribution in [2.75, 3.05) is 0 Å². The average Bonchev–Trinajstić information content (AvgIpc) is 2.97. The van der Waals surface area contributed by atoms with Crippen molar-refractivity contribution in [3.63, 3.8) is 0 Å². The number of aryl methyl sites for hydroxylation is 1. The van der Waals surface area contributed by atoms with Gasteiger partial charge < -0.3 is 15.0 Å². The summed E-state index contributed by atoms with van der Waals surface area (Å²) in [4.78, 5) is 7.31. The van der Waals surface area contributed by atoms with Gasteiger partial charge in [0.1, 0.15) is 11.6 Å². The molecule has 0 fully saturated rings. The second-order valence-corrected chi connectivity index (χ2v) is 5.67. The average molecular weight is 287 g/mol. The lowest BCUT2D eigenvalue weighted by atomic mass is 10.1. The Morgan fingerprint density at radius 2 is 1.95 bits per heavy atom. The molecule has 1 heterocycles. The van der Waals surface area contributed by atoms with Gasteiger partial charge in [-0.15, -0.1) is 0 Å². The van der Waals surface area contributed by atoms with Crippen LogP contribution < -0.4 is 10.1 Å². The molecule has 0 saturated carbocycles. The summed E-state index contributed by atoms with van der Waals surface area (Å²) in [5, 5.41) is 3.47. The molecule has 1 atom stereocenters. The Bertz CT molecular complexity index is 505. The summed E-state index contributed by atoms with van der Waals surface area (Å²) in [6.07, 6.45) is 6.02. The molecule has 4 nitrogen and oxygen atoms in total. The topological polar surface area (TPSA) is 49.9 Å². The van der Waals surface area contributed by atoms with E-state index in [1.807, 2.05) is 20.0 Å². The van der Waals surface area contributed by atoms with Crippen molar-refractivity contribution >= 4 is 0 Å². The zero-order chi connectivity index (χ0) is 15.1. The molecule has 2 aromatic rings. The summed E-state index contributed by atoms with van der Waals surface area (Å²) in [5.74, 6) is 1.93. The maximum absolute atomic E-state index is 5.65. The van der Waals surface area contributed by atoms with Gasteiger partial charge >= 0.3 is 0 Å². The third kappa shape index (κ3) is 5.60. The SMILES string of the molecule is CC(CCc1ccc(OC(C)C)cc1)NCc1ncc[nH]1. The predicted octanol–water partition coefficient (Wildman–Crippen LogP) is 3.31. The summed E-state index contributed by atoms with van der Waals surface area (Å²) in [7, 11) is 0. The third-order valence-electron chi connectivity index (χ3n) is 3.33. The molecule has 1 aromatic carbocycles. The Balaban J connectivity index is 1.71. The molecule has 0 aliphatic heterocycles.